The molecule has 49 heavy (non-hydrogen) atoms. The molecule has 3 aliphatic heterocycles. The van der Waals surface area contributed by atoms with E-state index in [1.165, 1.54) is 45.9 Å². The topological polar surface area (TPSA) is 209 Å². The number of phenolic OH excluding ortho intramolecular Hbond substituents is 1. The van der Waals surface area contributed by atoms with Crippen molar-refractivity contribution in [2.24, 2.45) is 23.7 Å². The number of amides is 1. The number of phenols is 1. The fraction of sp³-hybridized carbons (Fsp3) is 0.500. The minimum Gasteiger partial charge on any atom is -0.507 e. The Morgan fingerprint density at radius 3 is 2.18 bits per heavy atom. The van der Waals surface area contributed by atoms with Gasteiger partial charge in [0.25, 0.3) is 5.79 Å². The van der Waals surface area contributed by atoms with E-state index < -0.39 is 94.7 Å². The van der Waals surface area contributed by atoms with E-state index >= 15 is 0 Å². The number of carbonyl (C=O) groups excluding carboxylic acids is 4. The number of aliphatic hydroxyl groups is 4. The number of benzene rings is 1. The minimum absolute atomic E-state index is 0.0435. The molecule has 0 aromatic heterocycles. The Hall–Kier alpha value is -4.30. The van der Waals surface area contributed by atoms with Crippen LogP contribution in [0.25, 0.3) is 0 Å². The van der Waals surface area contributed by atoms with Crippen LogP contribution in [0.5, 0.6) is 11.5 Å². The van der Waals surface area contributed by atoms with Crippen LogP contribution in [0.4, 0.5) is 0 Å². The zero-order valence-electron chi connectivity index (χ0n) is 28.8. The second-order valence-corrected chi connectivity index (χ2v) is 13.3. The normalized spacial score (nSPS) is 34.0. The zero-order chi connectivity index (χ0) is 36.7. The van der Waals surface area contributed by atoms with Crippen molar-refractivity contribution >= 4 is 23.4 Å². The van der Waals surface area contributed by atoms with Gasteiger partial charge in [-0.15, -0.1) is 0 Å². The maximum absolute atomic E-state index is 13.7. The van der Waals surface area contributed by atoms with E-state index in [4.69, 9.17) is 14.2 Å². The van der Waals surface area contributed by atoms with Gasteiger partial charge >= 0.3 is 5.97 Å². The van der Waals surface area contributed by atoms with E-state index in [-0.39, 0.29) is 33.7 Å². The van der Waals surface area contributed by atoms with E-state index in [2.05, 4.69) is 5.32 Å². The van der Waals surface area contributed by atoms with Crippen molar-refractivity contribution in [2.45, 2.75) is 91.7 Å². The summed E-state index contributed by atoms with van der Waals surface area (Å²) in [5.74, 6) is -8.26. The minimum atomic E-state index is -1.89. The van der Waals surface area contributed by atoms with E-state index in [1.807, 2.05) is 0 Å². The van der Waals surface area contributed by atoms with E-state index in [9.17, 15) is 44.7 Å². The highest BCUT2D eigenvalue weighted by molar-refractivity contribution is 6.29. The molecule has 3 heterocycles. The van der Waals surface area contributed by atoms with Crippen molar-refractivity contribution in [3.05, 3.63) is 70.2 Å². The van der Waals surface area contributed by atoms with Gasteiger partial charge in [-0.2, -0.15) is 0 Å². The van der Waals surface area contributed by atoms with Gasteiger partial charge in [0.15, 0.2) is 11.9 Å². The van der Waals surface area contributed by atoms with Gasteiger partial charge in [-0.25, -0.2) is 0 Å². The number of rotatable bonds is 1. The van der Waals surface area contributed by atoms with E-state index in [0.717, 1.165) is 12.3 Å². The first-order chi connectivity index (χ1) is 22.8. The third kappa shape index (κ3) is 6.93. The third-order valence-electron chi connectivity index (χ3n) is 9.80. The number of esters is 1. The third-order valence-corrected chi connectivity index (χ3v) is 9.80. The molecular weight excluding hydrogens is 638 g/mol. The average Bonchev–Trinajstić information content (AvgIpc) is 3.31. The summed E-state index contributed by atoms with van der Waals surface area (Å²) in [4.78, 5) is 52.3. The lowest BCUT2D eigenvalue weighted by Gasteiger charge is -2.37. The summed E-state index contributed by atoms with van der Waals surface area (Å²) in [6.07, 6.45) is 1.70. The Labute approximate surface area is 284 Å². The second-order valence-electron chi connectivity index (χ2n) is 13.3. The standard InChI is InChI=1S/C36H45NO12/c1-15-11-9-10-12-23(40)37-27-17(3)30(43)24-25(32(27)45)31(44)20(6)34-26(24)35(46)36(8,49-34)47-14-13-22(39)16(2)33(48-21(7)38)19(5)29(42)18(4)28(15)41/h9-16,18-19,22,28-29,33,35,39,41-42,44,46H,1-8H3,(H,37,40). The molecule has 0 saturated heterocycles. The van der Waals surface area contributed by atoms with E-state index in [0.29, 0.717) is 0 Å². The highest BCUT2D eigenvalue weighted by atomic mass is 16.7. The van der Waals surface area contributed by atoms with Gasteiger partial charge in [0, 0.05) is 65.9 Å². The predicted molar refractivity (Wildman–Crippen MR) is 175 cm³/mol. The van der Waals surface area contributed by atoms with Crippen LogP contribution in [0.1, 0.15) is 86.4 Å². The van der Waals surface area contributed by atoms with Gasteiger partial charge < -0.3 is 45.1 Å². The fourth-order valence-corrected chi connectivity index (χ4v) is 6.59. The van der Waals surface area contributed by atoms with Gasteiger partial charge in [0.05, 0.1) is 35.8 Å². The van der Waals surface area contributed by atoms with Crippen LogP contribution in [-0.2, 0) is 19.1 Å². The molecule has 13 heteroatoms. The molecule has 10 unspecified atom stereocenters. The zero-order valence-corrected chi connectivity index (χ0v) is 28.8. The highest BCUT2D eigenvalue weighted by Crippen LogP contribution is 2.53. The Kier molecular flexibility index (Phi) is 10.9. The summed E-state index contributed by atoms with van der Waals surface area (Å²) in [6.45, 7) is 11.9. The molecular formula is C36H45NO12. The van der Waals surface area contributed by atoms with Crippen molar-refractivity contribution in [1.82, 2.24) is 5.32 Å². The average molecular weight is 684 g/mol. The molecule has 0 fully saturated rings. The quantitative estimate of drug-likeness (QED) is 0.236. The molecule has 0 spiro atoms. The summed E-state index contributed by atoms with van der Waals surface area (Å²) < 4.78 is 17.3. The molecule has 6 N–H and O–H groups in total. The number of ketones is 2. The summed E-state index contributed by atoms with van der Waals surface area (Å²) in [5, 5.41) is 58.4. The lowest BCUT2D eigenvalue weighted by Crippen LogP contribution is -2.46. The number of allylic oxidation sites excluding steroid dienone is 4. The van der Waals surface area contributed by atoms with Crippen LogP contribution in [0.3, 0.4) is 0 Å². The van der Waals surface area contributed by atoms with Crippen LogP contribution in [0, 0.1) is 30.6 Å². The number of hydrogen-bond donors (Lipinski definition) is 6. The maximum atomic E-state index is 13.7. The van der Waals surface area contributed by atoms with Crippen molar-refractivity contribution in [1.29, 1.82) is 0 Å². The van der Waals surface area contributed by atoms with Gasteiger partial charge in [-0.05, 0) is 19.9 Å². The number of Topliss-reactive ketones (excluding diaryl/α,β-unsaturated/α-hetero) is 2. The van der Waals surface area contributed by atoms with Gasteiger partial charge in [-0.3, -0.25) is 19.2 Å². The van der Waals surface area contributed by atoms with Crippen LogP contribution in [-0.4, -0.2) is 79.2 Å². The van der Waals surface area contributed by atoms with Crippen molar-refractivity contribution in [3.63, 3.8) is 0 Å². The van der Waals surface area contributed by atoms with Gasteiger partial charge in [0.2, 0.25) is 11.7 Å². The molecule has 0 radical (unpaired) electrons. The lowest BCUT2D eigenvalue weighted by molar-refractivity contribution is -0.181. The van der Waals surface area contributed by atoms with E-state index in [1.54, 1.807) is 33.8 Å². The first kappa shape index (κ1) is 37.5. The SMILES string of the molecule is CC(=O)OC1C(C)C(O)C=COC2(C)Oc3c(C)c(O)c4c(c3C2O)C(=O)C(C)=C(NC(=O)C=CC=CC(C)C(O)C(C)C(O)C1C)C4=O. The van der Waals surface area contributed by atoms with Crippen molar-refractivity contribution < 1.29 is 58.9 Å². The smallest absolute Gasteiger partial charge is 0.302 e. The summed E-state index contributed by atoms with van der Waals surface area (Å²) in [5.41, 5.74) is -1.21. The number of fused-ring (bicyclic) bond motifs is 14. The molecule has 266 valence electrons. The molecule has 1 aromatic rings. The highest BCUT2D eigenvalue weighted by Gasteiger charge is 2.52. The molecule has 1 amide bonds. The Morgan fingerprint density at radius 2 is 1.55 bits per heavy atom. The first-order valence-corrected chi connectivity index (χ1v) is 16.1. The number of aliphatic hydroxyl groups excluding tert-OH is 4. The number of nitrogens with one attached hydrogen (secondary N) is 1. The Balaban J connectivity index is 1.81. The molecule has 10 atom stereocenters. The molecule has 13 nitrogen and oxygen atoms in total. The van der Waals surface area contributed by atoms with Crippen LogP contribution < -0.4 is 10.1 Å². The summed E-state index contributed by atoms with van der Waals surface area (Å²) >= 11 is 0. The van der Waals surface area contributed by atoms with Gasteiger partial charge in [0.1, 0.15) is 17.6 Å². The molecule has 0 saturated carbocycles. The number of ether oxygens (including phenoxy) is 3. The number of aromatic hydroxyl groups is 1. The lowest BCUT2D eigenvalue weighted by atomic mass is 9.78. The molecule has 5 rings (SSSR count). The first-order valence-electron chi connectivity index (χ1n) is 16.1. The van der Waals surface area contributed by atoms with Crippen molar-refractivity contribution in [2.75, 3.05) is 0 Å². The summed E-state index contributed by atoms with van der Waals surface area (Å²) in [7, 11) is 0. The largest absolute Gasteiger partial charge is 0.507 e. The number of hydrogen-bond acceptors (Lipinski definition) is 12. The predicted octanol–water partition coefficient (Wildman–Crippen LogP) is 2.83. The van der Waals surface area contributed by atoms with Crippen LogP contribution >= 0.6 is 0 Å². The second kappa shape index (κ2) is 14.3. The number of carbonyl (C=O) groups is 4. The Morgan fingerprint density at radius 1 is 0.898 bits per heavy atom. The van der Waals surface area contributed by atoms with Crippen LogP contribution in [0.15, 0.2) is 47.9 Å². The molecule has 5 bridgehead atoms. The molecule has 4 aliphatic rings. The summed E-state index contributed by atoms with van der Waals surface area (Å²) in [6, 6.07) is 0. The molecule has 1 aliphatic carbocycles. The maximum Gasteiger partial charge on any atom is 0.302 e. The Bertz CT molecular complexity index is 1660. The van der Waals surface area contributed by atoms with Crippen LogP contribution in [0.2, 0.25) is 0 Å². The van der Waals surface area contributed by atoms with Crippen molar-refractivity contribution in [3.8, 4) is 11.5 Å². The fourth-order valence-electron chi connectivity index (χ4n) is 6.59. The van der Waals surface area contributed by atoms with Gasteiger partial charge in [-0.1, -0.05) is 45.9 Å². The monoisotopic (exact) mass is 683 g/mol. The molecule has 1 aromatic carbocycles.